The van der Waals surface area contributed by atoms with Crippen LogP contribution in [0.25, 0.3) is 10.2 Å². The molecule has 0 aliphatic rings. The summed E-state index contributed by atoms with van der Waals surface area (Å²) in [6.07, 6.45) is 0. The van der Waals surface area contributed by atoms with E-state index in [1.165, 1.54) is 23.0 Å². The Morgan fingerprint density at radius 2 is 1.94 bits per heavy atom. The average molecular weight is 502 g/mol. The Balaban J connectivity index is 1.76. The first kappa shape index (κ1) is 23.5. The van der Waals surface area contributed by atoms with Crippen LogP contribution in [0.1, 0.15) is 12.5 Å². The van der Waals surface area contributed by atoms with Gasteiger partial charge in [0, 0.05) is 11.6 Å². The van der Waals surface area contributed by atoms with Gasteiger partial charge in [-0.2, -0.15) is 0 Å². The number of carbonyl (C=O) groups excluding carboxylic acids is 1. The van der Waals surface area contributed by atoms with E-state index in [0.29, 0.717) is 21.4 Å². The summed E-state index contributed by atoms with van der Waals surface area (Å²) in [6.45, 7) is 1.89. The van der Waals surface area contributed by atoms with Crippen LogP contribution >= 0.6 is 22.9 Å². The fourth-order valence-corrected chi connectivity index (χ4v) is 4.14. The summed E-state index contributed by atoms with van der Waals surface area (Å²) < 4.78 is 13.2. The summed E-state index contributed by atoms with van der Waals surface area (Å²) in [4.78, 5) is 48.3. The minimum atomic E-state index is -0.545. The Morgan fingerprint density at radius 3 is 2.65 bits per heavy atom. The van der Waals surface area contributed by atoms with Gasteiger partial charge in [-0.25, -0.2) is 28.9 Å². The second-order valence-corrected chi connectivity index (χ2v) is 8.53. The quantitative estimate of drug-likeness (QED) is 0.388. The van der Waals surface area contributed by atoms with E-state index in [4.69, 9.17) is 16.3 Å². The molecule has 0 amide bonds. The van der Waals surface area contributed by atoms with Gasteiger partial charge in [0.1, 0.15) is 0 Å². The largest absolute Gasteiger partial charge is 0.466 e. The van der Waals surface area contributed by atoms with Gasteiger partial charge in [0.25, 0.3) is 5.19 Å². The zero-order valence-electron chi connectivity index (χ0n) is 18.3. The zero-order chi connectivity index (χ0) is 24.2. The molecule has 0 bridgehead atoms. The third kappa shape index (κ3) is 5.10. The standard InChI is InChI=1S/C22H20ClN5O5S/c1-3-27-20(30)26-19(28(22(27)31)11-13-4-6-14(23)7-5-13)24-15-8-9-16-17(10-15)34-21(25-16)33-12-18(29)32-2/h4-10H,3,11-12H2,1-2H3,(H,24,26,30). The van der Waals surface area contributed by atoms with Gasteiger partial charge in [-0.1, -0.05) is 35.1 Å². The maximum atomic E-state index is 13.0. The second-order valence-electron chi connectivity index (χ2n) is 7.10. The van der Waals surface area contributed by atoms with E-state index in [1.54, 1.807) is 49.4 Å². The monoisotopic (exact) mass is 501 g/mol. The molecule has 10 nitrogen and oxygen atoms in total. The molecule has 2 heterocycles. The maximum absolute atomic E-state index is 13.0. The highest BCUT2D eigenvalue weighted by Crippen LogP contribution is 2.30. The molecule has 12 heteroatoms. The van der Waals surface area contributed by atoms with Gasteiger partial charge in [0.15, 0.2) is 6.61 Å². The fourth-order valence-electron chi connectivity index (χ4n) is 3.16. The molecular weight excluding hydrogens is 482 g/mol. The number of hydrogen-bond donors (Lipinski definition) is 1. The van der Waals surface area contributed by atoms with Crippen LogP contribution in [0.5, 0.6) is 5.19 Å². The number of ether oxygens (including phenoxy) is 2. The van der Waals surface area contributed by atoms with Crippen LogP contribution in [0.2, 0.25) is 5.02 Å². The zero-order valence-corrected chi connectivity index (χ0v) is 19.9. The average Bonchev–Trinajstić information content (AvgIpc) is 3.23. The topological polar surface area (TPSA) is 121 Å². The predicted octanol–water partition coefficient (Wildman–Crippen LogP) is 2.45. The number of methoxy groups -OCH3 is 1. The highest BCUT2D eigenvalue weighted by molar-refractivity contribution is 7.20. The number of hydrogen-bond acceptors (Lipinski definition) is 8. The van der Waals surface area contributed by atoms with E-state index in [9.17, 15) is 14.4 Å². The van der Waals surface area contributed by atoms with Crippen LogP contribution in [0.3, 0.4) is 0 Å². The number of carbonyl (C=O) groups is 1. The summed E-state index contributed by atoms with van der Waals surface area (Å²) >= 11 is 7.21. The van der Waals surface area contributed by atoms with E-state index in [2.05, 4.69) is 19.7 Å². The molecule has 34 heavy (non-hydrogen) atoms. The number of benzene rings is 2. The molecule has 0 unspecified atom stereocenters. The number of rotatable bonds is 7. The van der Waals surface area contributed by atoms with Crippen LogP contribution in [-0.2, 0) is 22.6 Å². The number of H-pyrrole nitrogens is 1. The van der Waals surface area contributed by atoms with Crippen LogP contribution in [-0.4, -0.2) is 38.8 Å². The summed E-state index contributed by atoms with van der Waals surface area (Å²) in [5.41, 5.74) is 1.08. The van der Waals surface area contributed by atoms with Gasteiger partial charge in [0.05, 0.1) is 29.6 Å². The molecule has 0 saturated carbocycles. The molecular formula is C22H20ClN5O5S. The van der Waals surface area contributed by atoms with Crippen LogP contribution in [0, 0.1) is 0 Å². The SMILES string of the molecule is CCn1c(=O)[nH]/c(=N\c2ccc3nc(OCC(=O)OC)sc3c2)n(Cc2ccc(Cl)cc2)c1=O. The number of thiazole rings is 1. The predicted molar refractivity (Wildman–Crippen MR) is 128 cm³/mol. The molecule has 0 aliphatic carbocycles. The van der Waals surface area contributed by atoms with E-state index in [0.717, 1.165) is 14.8 Å². The van der Waals surface area contributed by atoms with E-state index >= 15 is 0 Å². The first-order chi connectivity index (χ1) is 16.4. The summed E-state index contributed by atoms with van der Waals surface area (Å²) in [7, 11) is 1.28. The van der Waals surface area contributed by atoms with Crippen molar-refractivity contribution in [2.75, 3.05) is 13.7 Å². The van der Waals surface area contributed by atoms with Crippen molar-refractivity contribution >= 4 is 44.8 Å². The van der Waals surface area contributed by atoms with Crippen LogP contribution < -0.4 is 21.7 Å². The number of nitrogens with zero attached hydrogens (tertiary/aromatic N) is 4. The second kappa shape index (κ2) is 10.1. The maximum Gasteiger partial charge on any atom is 0.343 e. The lowest BCUT2D eigenvalue weighted by atomic mass is 10.2. The first-order valence-electron chi connectivity index (χ1n) is 10.2. The lowest BCUT2D eigenvalue weighted by Crippen LogP contribution is -2.49. The van der Waals surface area contributed by atoms with Gasteiger partial charge < -0.3 is 9.47 Å². The summed E-state index contributed by atoms with van der Waals surface area (Å²) in [5, 5.41) is 0.896. The number of halogens is 1. The normalized spacial score (nSPS) is 11.7. The van der Waals surface area contributed by atoms with Crippen molar-refractivity contribution in [2.24, 2.45) is 4.99 Å². The van der Waals surface area contributed by atoms with Crippen molar-refractivity contribution < 1.29 is 14.3 Å². The van der Waals surface area contributed by atoms with Gasteiger partial charge in [-0.05, 0) is 42.8 Å². The molecule has 0 atom stereocenters. The van der Waals surface area contributed by atoms with E-state index < -0.39 is 17.3 Å². The molecule has 2 aromatic heterocycles. The Bertz CT molecular complexity index is 1530. The van der Waals surface area contributed by atoms with Gasteiger partial charge in [-0.3, -0.25) is 9.55 Å². The van der Waals surface area contributed by atoms with Crippen LogP contribution in [0.4, 0.5) is 5.69 Å². The first-order valence-corrected chi connectivity index (χ1v) is 11.4. The van der Waals surface area contributed by atoms with Gasteiger partial charge in [-0.15, -0.1) is 0 Å². The minimum Gasteiger partial charge on any atom is -0.466 e. The fraction of sp³-hybridized carbons (Fsp3) is 0.227. The molecule has 0 radical (unpaired) electrons. The highest BCUT2D eigenvalue weighted by Gasteiger charge is 2.11. The Kier molecular flexibility index (Phi) is 6.94. The number of nitrogens with one attached hydrogen (secondary N) is 1. The molecule has 4 rings (SSSR count). The molecule has 0 aliphatic heterocycles. The van der Waals surface area contributed by atoms with Crippen molar-refractivity contribution in [1.82, 2.24) is 19.1 Å². The lowest BCUT2D eigenvalue weighted by molar-refractivity contribution is -0.142. The van der Waals surface area contributed by atoms with Gasteiger partial charge >= 0.3 is 17.3 Å². The Hall–Kier alpha value is -3.70. The molecule has 0 spiro atoms. The molecule has 4 aromatic rings. The number of fused-ring (bicyclic) bond motifs is 1. The highest BCUT2D eigenvalue weighted by atomic mass is 35.5. The number of aromatic nitrogens is 4. The Labute approximate surface area is 201 Å². The van der Waals surface area contributed by atoms with Crippen LogP contribution in [0.15, 0.2) is 57.0 Å². The van der Waals surface area contributed by atoms with Crippen molar-refractivity contribution in [3.63, 3.8) is 0 Å². The number of aromatic amines is 1. The minimum absolute atomic E-state index is 0.112. The van der Waals surface area contributed by atoms with Crippen molar-refractivity contribution in [3.8, 4) is 5.19 Å². The van der Waals surface area contributed by atoms with E-state index in [1.807, 2.05) is 0 Å². The smallest absolute Gasteiger partial charge is 0.343 e. The summed E-state index contributed by atoms with van der Waals surface area (Å²) in [6, 6.07) is 12.3. The third-order valence-electron chi connectivity index (χ3n) is 4.88. The lowest BCUT2D eigenvalue weighted by Gasteiger charge is -2.10. The van der Waals surface area contributed by atoms with Crippen molar-refractivity contribution in [1.29, 1.82) is 0 Å². The van der Waals surface area contributed by atoms with Gasteiger partial charge in [0.2, 0.25) is 5.62 Å². The molecule has 2 aromatic carbocycles. The number of esters is 1. The molecule has 0 saturated heterocycles. The third-order valence-corrected chi connectivity index (χ3v) is 6.06. The van der Waals surface area contributed by atoms with E-state index in [-0.39, 0.29) is 25.3 Å². The summed E-state index contributed by atoms with van der Waals surface area (Å²) in [5.74, 6) is -0.508. The van der Waals surface area contributed by atoms with Crippen molar-refractivity contribution in [2.45, 2.75) is 20.0 Å². The molecule has 1 N–H and O–H groups in total. The molecule has 176 valence electrons. The molecule has 0 fully saturated rings. The Morgan fingerprint density at radius 1 is 1.18 bits per heavy atom. The van der Waals surface area contributed by atoms with Crippen molar-refractivity contribution in [3.05, 3.63) is 79.6 Å².